The van der Waals surface area contributed by atoms with Crippen molar-refractivity contribution in [1.29, 1.82) is 0 Å². The van der Waals surface area contributed by atoms with Crippen LogP contribution in [0, 0.1) is 5.92 Å². The van der Waals surface area contributed by atoms with Crippen LogP contribution >= 0.6 is 0 Å². The van der Waals surface area contributed by atoms with Gasteiger partial charge in [0.15, 0.2) is 6.61 Å². The van der Waals surface area contributed by atoms with Crippen LogP contribution in [-0.2, 0) is 9.53 Å². The summed E-state index contributed by atoms with van der Waals surface area (Å²) in [7, 11) is 1.58. The molecule has 1 aliphatic rings. The average molecular weight is 419 g/mol. The van der Waals surface area contributed by atoms with Crippen LogP contribution in [0.3, 0.4) is 0 Å². The van der Waals surface area contributed by atoms with Crippen molar-refractivity contribution >= 4 is 11.9 Å². The van der Waals surface area contributed by atoms with Gasteiger partial charge in [0.05, 0.1) is 12.8 Å². The number of hydrogen-bond donors (Lipinski definition) is 1. The fourth-order valence-electron chi connectivity index (χ4n) is 3.44. The van der Waals surface area contributed by atoms with Crippen LogP contribution in [0.4, 0.5) is 0 Å². The van der Waals surface area contributed by atoms with Gasteiger partial charge in [-0.3, -0.25) is 4.79 Å². The lowest BCUT2D eigenvalue weighted by molar-refractivity contribution is -0.124. The molecule has 0 saturated heterocycles. The first kappa shape index (κ1) is 20.7. The number of methoxy groups -OCH3 is 1. The van der Waals surface area contributed by atoms with Gasteiger partial charge < -0.3 is 14.8 Å². The van der Waals surface area contributed by atoms with Crippen LogP contribution in [0.1, 0.15) is 30.1 Å². The SMILES string of the molecule is COc1cccc(-c2nn(-c3ccccc3)cc2C(=O)OCC(=O)NC(C)C2CC2)c1. The Hall–Kier alpha value is -3.61. The third-order valence-electron chi connectivity index (χ3n) is 5.35. The molecule has 7 heteroatoms. The number of para-hydroxylation sites is 1. The van der Waals surface area contributed by atoms with Gasteiger partial charge in [0.25, 0.3) is 5.91 Å². The van der Waals surface area contributed by atoms with Crippen LogP contribution in [0.15, 0.2) is 60.8 Å². The molecule has 160 valence electrons. The summed E-state index contributed by atoms with van der Waals surface area (Å²) in [6.07, 6.45) is 3.88. The zero-order chi connectivity index (χ0) is 21.8. The summed E-state index contributed by atoms with van der Waals surface area (Å²) < 4.78 is 12.3. The minimum Gasteiger partial charge on any atom is -0.497 e. The van der Waals surface area contributed by atoms with E-state index < -0.39 is 5.97 Å². The molecule has 4 rings (SSSR count). The Labute approximate surface area is 181 Å². The first-order valence-electron chi connectivity index (χ1n) is 10.3. The number of nitrogens with zero attached hydrogens (tertiary/aromatic N) is 2. The van der Waals surface area contributed by atoms with E-state index in [1.54, 1.807) is 24.1 Å². The molecular formula is C24H25N3O4. The Morgan fingerprint density at radius 2 is 1.94 bits per heavy atom. The molecule has 1 saturated carbocycles. The molecule has 1 aliphatic carbocycles. The van der Waals surface area contributed by atoms with Crippen molar-refractivity contribution in [3.63, 3.8) is 0 Å². The second-order valence-corrected chi connectivity index (χ2v) is 7.67. The summed E-state index contributed by atoms with van der Waals surface area (Å²) in [6.45, 7) is 1.64. The van der Waals surface area contributed by atoms with Crippen molar-refractivity contribution in [1.82, 2.24) is 15.1 Å². The zero-order valence-corrected chi connectivity index (χ0v) is 17.6. The molecule has 1 amide bonds. The monoisotopic (exact) mass is 419 g/mol. The maximum absolute atomic E-state index is 12.9. The molecule has 0 bridgehead atoms. The second kappa shape index (κ2) is 9.04. The normalized spacial score (nSPS) is 14.0. The van der Waals surface area contributed by atoms with Crippen LogP contribution in [0.25, 0.3) is 16.9 Å². The Bertz CT molecular complexity index is 1070. The molecule has 1 heterocycles. The number of rotatable bonds is 8. The topological polar surface area (TPSA) is 82.5 Å². The van der Waals surface area contributed by atoms with Gasteiger partial charge in [-0.2, -0.15) is 5.10 Å². The third kappa shape index (κ3) is 4.94. The molecule has 0 radical (unpaired) electrons. The van der Waals surface area contributed by atoms with Crippen molar-refractivity contribution in [3.8, 4) is 22.7 Å². The van der Waals surface area contributed by atoms with Crippen molar-refractivity contribution in [2.45, 2.75) is 25.8 Å². The fourth-order valence-corrected chi connectivity index (χ4v) is 3.44. The summed E-state index contributed by atoms with van der Waals surface area (Å²) in [4.78, 5) is 25.0. The standard InChI is InChI=1S/C24H25N3O4/c1-16(17-11-12-17)25-22(28)15-31-24(29)21-14-27(19-8-4-3-5-9-19)26-23(21)18-7-6-10-20(13-18)30-2/h3-10,13-14,16-17H,11-12,15H2,1-2H3,(H,25,28). The molecule has 31 heavy (non-hydrogen) atoms. The second-order valence-electron chi connectivity index (χ2n) is 7.67. The minimum atomic E-state index is -0.603. The summed E-state index contributed by atoms with van der Waals surface area (Å²) in [5, 5.41) is 7.50. The summed E-state index contributed by atoms with van der Waals surface area (Å²) >= 11 is 0. The number of hydrogen-bond acceptors (Lipinski definition) is 5. The molecule has 3 aromatic rings. The van der Waals surface area contributed by atoms with Gasteiger partial charge >= 0.3 is 5.97 Å². The third-order valence-corrected chi connectivity index (χ3v) is 5.35. The summed E-state index contributed by atoms with van der Waals surface area (Å²) in [5.74, 6) is 0.281. The van der Waals surface area contributed by atoms with E-state index in [2.05, 4.69) is 10.4 Å². The lowest BCUT2D eigenvalue weighted by atomic mass is 10.1. The predicted molar refractivity (Wildman–Crippen MR) is 116 cm³/mol. The first-order valence-corrected chi connectivity index (χ1v) is 10.3. The average Bonchev–Trinajstić information content (AvgIpc) is 3.56. The Kier molecular flexibility index (Phi) is 6.02. The summed E-state index contributed by atoms with van der Waals surface area (Å²) in [5.41, 5.74) is 2.26. The maximum Gasteiger partial charge on any atom is 0.342 e. The predicted octanol–water partition coefficient (Wildman–Crippen LogP) is 3.62. The first-order chi connectivity index (χ1) is 15.0. The molecule has 7 nitrogen and oxygen atoms in total. The van der Waals surface area contributed by atoms with Crippen LogP contribution in [0.2, 0.25) is 0 Å². The number of nitrogens with one attached hydrogen (secondary N) is 1. The highest BCUT2D eigenvalue weighted by molar-refractivity contribution is 5.97. The highest BCUT2D eigenvalue weighted by Crippen LogP contribution is 2.32. The lowest BCUT2D eigenvalue weighted by Gasteiger charge is -2.12. The lowest BCUT2D eigenvalue weighted by Crippen LogP contribution is -2.37. The zero-order valence-electron chi connectivity index (χ0n) is 17.6. The summed E-state index contributed by atoms with van der Waals surface area (Å²) in [6, 6.07) is 16.9. The molecule has 1 N–H and O–H groups in total. The van der Waals surface area contributed by atoms with E-state index in [1.807, 2.05) is 55.5 Å². The van der Waals surface area contributed by atoms with Gasteiger partial charge in [-0.05, 0) is 49.9 Å². The van der Waals surface area contributed by atoms with Gasteiger partial charge in [0, 0.05) is 17.8 Å². The van der Waals surface area contributed by atoms with E-state index in [0.717, 1.165) is 18.5 Å². The largest absolute Gasteiger partial charge is 0.497 e. The van der Waals surface area contributed by atoms with Crippen LogP contribution in [-0.4, -0.2) is 41.4 Å². The van der Waals surface area contributed by atoms with Crippen molar-refractivity contribution in [2.75, 3.05) is 13.7 Å². The van der Waals surface area contributed by atoms with Gasteiger partial charge in [-0.1, -0.05) is 30.3 Å². The van der Waals surface area contributed by atoms with Crippen molar-refractivity contribution in [2.24, 2.45) is 5.92 Å². The molecular weight excluding hydrogens is 394 g/mol. The molecule has 1 unspecified atom stereocenters. The molecule has 0 aliphatic heterocycles. The van der Waals surface area contributed by atoms with E-state index in [1.165, 1.54) is 0 Å². The van der Waals surface area contributed by atoms with Gasteiger partial charge in [-0.15, -0.1) is 0 Å². The van der Waals surface area contributed by atoms with Gasteiger partial charge in [-0.25, -0.2) is 9.48 Å². The Morgan fingerprint density at radius 3 is 2.65 bits per heavy atom. The number of benzene rings is 2. The maximum atomic E-state index is 12.9. The minimum absolute atomic E-state index is 0.0966. The highest BCUT2D eigenvalue weighted by atomic mass is 16.5. The molecule has 0 spiro atoms. The molecule has 1 fully saturated rings. The van der Waals surface area contributed by atoms with E-state index in [9.17, 15) is 9.59 Å². The van der Waals surface area contributed by atoms with Crippen molar-refractivity contribution in [3.05, 3.63) is 66.4 Å². The Balaban J connectivity index is 1.57. The highest BCUT2D eigenvalue weighted by Gasteiger charge is 2.29. The van der Waals surface area contributed by atoms with E-state index in [-0.39, 0.29) is 24.1 Å². The van der Waals surface area contributed by atoms with E-state index in [0.29, 0.717) is 22.9 Å². The Morgan fingerprint density at radius 1 is 1.16 bits per heavy atom. The quantitative estimate of drug-likeness (QED) is 0.564. The molecule has 2 aromatic carbocycles. The van der Waals surface area contributed by atoms with E-state index >= 15 is 0 Å². The number of aromatic nitrogens is 2. The fraction of sp³-hybridized carbons (Fsp3) is 0.292. The number of carbonyl (C=O) groups is 2. The molecule has 1 aromatic heterocycles. The molecule has 1 atom stereocenters. The van der Waals surface area contributed by atoms with Crippen LogP contribution < -0.4 is 10.1 Å². The number of carbonyl (C=O) groups excluding carboxylic acids is 2. The van der Waals surface area contributed by atoms with Gasteiger partial charge in [0.2, 0.25) is 0 Å². The van der Waals surface area contributed by atoms with Crippen molar-refractivity contribution < 1.29 is 19.1 Å². The number of esters is 1. The number of ether oxygens (including phenoxy) is 2. The van der Waals surface area contributed by atoms with E-state index in [4.69, 9.17) is 9.47 Å². The smallest absolute Gasteiger partial charge is 0.342 e. The van der Waals surface area contributed by atoms with Gasteiger partial charge in [0.1, 0.15) is 17.0 Å². The van der Waals surface area contributed by atoms with Crippen LogP contribution in [0.5, 0.6) is 5.75 Å². The number of amides is 1.